The molecule has 2 heterocycles. The molecule has 2 aromatic rings. The molecule has 0 aromatic carbocycles. The number of hydrogen-bond donors (Lipinski definition) is 2. The molecule has 82 valence electrons. The van der Waals surface area contributed by atoms with E-state index in [1.807, 2.05) is 16.8 Å². The van der Waals surface area contributed by atoms with Crippen molar-refractivity contribution in [3.63, 3.8) is 0 Å². The maximum Gasteiger partial charge on any atom is 0.186 e. The van der Waals surface area contributed by atoms with Gasteiger partial charge in [-0.25, -0.2) is 9.97 Å². The Morgan fingerprint density at radius 1 is 1.38 bits per heavy atom. The summed E-state index contributed by atoms with van der Waals surface area (Å²) in [6.45, 7) is 0.486. The third kappa shape index (κ3) is 2.00. The van der Waals surface area contributed by atoms with Gasteiger partial charge in [-0.2, -0.15) is 0 Å². The fraction of sp³-hybridized carbons (Fsp3) is 0.100. The summed E-state index contributed by atoms with van der Waals surface area (Å²) in [5, 5.41) is 11.6. The zero-order valence-electron chi connectivity index (χ0n) is 8.48. The molecule has 0 radical (unpaired) electrons. The van der Waals surface area contributed by atoms with E-state index in [1.165, 1.54) is 0 Å². The summed E-state index contributed by atoms with van der Waals surface area (Å²) in [4.78, 5) is 8.21. The van der Waals surface area contributed by atoms with Crippen molar-refractivity contribution in [2.75, 3.05) is 0 Å². The van der Waals surface area contributed by atoms with Gasteiger partial charge in [0.2, 0.25) is 0 Å². The molecule has 2 rings (SSSR count). The third-order valence-electron chi connectivity index (χ3n) is 2.13. The van der Waals surface area contributed by atoms with Gasteiger partial charge in [0.15, 0.2) is 5.84 Å². The van der Waals surface area contributed by atoms with Crippen molar-refractivity contribution >= 4 is 5.84 Å². The van der Waals surface area contributed by atoms with Crippen molar-refractivity contribution < 1.29 is 5.21 Å². The van der Waals surface area contributed by atoms with E-state index in [9.17, 15) is 0 Å². The second-order valence-electron chi connectivity index (χ2n) is 3.17. The van der Waals surface area contributed by atoms with Crippen LogP contribution in [0.5, 0.6) is 0 Å². The van der Waals surface area contributed by atoms with Crippen LogP contribution in [0.2, 0.25) is 0 Å². The Hall–Kier alpha value is -2.37. The van der Waals surface area contributed by atoms with Gasteiger partial charge in [0.05, 0.1) is 12.2 Å². The molecule has 3 N–H and O–H groups in total. The first kappa shape index (κ1) is 10.2. The fourth-order valence-corrected chi connectivity index (χ4v) is 1.40. The van der Waals surface area contributed by atoms with Crippen LogP contribution < -0.4 is 5.73 Å². The minimum Gasteiger partial charge on any atom is -0.409 e. The SMILES string of the molecule is N/C(=N/O)c1cccn1Cc1ncccn1. The predicted octanol–water partition coefficient (Wildman–Crippen LogP) is 0.421. The topological polar surface area (TPSA) is 89.3 Å². The first-order chi connectivity index (χ1) is 7.81. The zero-order chi connectivity index (χ0) is 11.4. The Kier molecular flexibility index (Phi) is 2.81. The summed E-state index contributed by atoms with van der Waals surface area (Å²) in [5.74, 6) is 0.742. The Balaban J connectivity index is 2.26. The van der Waals surface area contributed by atoms with E-state index >= 15 is 0 Å². The minimum atomic E-state index is 0.0703. The molecule has 16 heavy (non-hydrogen) atoms. The van der Waals surface area contributed by atoms with Crippen molar-refractivity contribution in [2.45, 2.75) is 6.54 Å². The molecular formula is C10H11N5O. The average molecular weight is 217 g/mol. The van der Waals surface area contributed by atoms with E-state index in [1.54, 1.807) is 24.5 Å². The van der Waals surface area contributed by atoms with Gasteiger partial charge in [-0.05, 0) is 18.2 Å². The summed E-state index contributed by atoms with van der Waals surface area (Å²) in [6.07, 6.45) is 5.17. The Morgan fingerprint density at radius 3 is 2.81 bits per heavy atom. The van der Waals surface area contributed by atoms with Crippen molar-refractivity contribution in [3.05, 3.63) is 48.3 Å². The number of aromatic nitrogens is 3. The van der Waals surface area contributed by atoms with Crippen LogP contribution in [0.4, 0.5) is 0 Å². The molecule has 0 saturated carbocycles. The number of amidine groups is 1. The molecule has 0 bridgehead atoms. The number of nitrogens with zero attached hydrogens (tertiary/aromatic N) is 4. The summed E-state index contributed by atoms with van der Waals surface area (Å²) >= 11 is 0. The molecule has 0 atom stereocenters. The smallest absolute Gasteiger partial charge is 0.186 e. The molecule has 0 spiro atoms. The number of oxime groups is 1. The minimum absolute atomic E-state index is 0.0703. The summed E-state index contributed by atoms with van der Waals surface area (Å²) in [5.41, 5.74) is 6.17. The molecule has 0 amide bonds. The third-order valence-corrected chi connectivity index (χ3v) is 2.13. The first-order valence-corrected chi connectivity index (χ1v) is 4.70. The fourth-order valence-electron chi connectivity index (χ4n) is 1.40. The second-order valence-corrected chi connectivity index (χ2v) is 3.17. The Labute approximate surface area is 92.1 Å². The zero-order valence-corrected chi connectivity index (χ0v) is 8.48. The highest BCUT2D eigenvalue weighted by atomic mass is 16.4. The molecule has 0 aliphatic heterocycles. The number of rotatable bonds is 3. The van der Waals surface area contributed by atoms with E-state index in [-0.39, 0.29) is 5.84 Å². The average Bonchev–Trinajstić information content (AvgIpc) is 2.77. The molecule has 0 aliphatic carbocycles. The van der Waals surface area contributed by atoms with Gasteiger partial charge < -0.3 is 15.5 Å². The lowest BCUT2D eigenvalue weighted by Gasteiger charge is -2.06. The van der Waals surface area contributed by atoms with Crippen LogP contribution in [0.1, 0.15) is 11.5 Å². The van der Waals surface area contributed by atoms with Crippen LogP contribution >= 0.6 is 0 Å². The van der Waals surface area contributed by atoms with Gasteiger partial charge in [-0.1, -0.05) is 5.16 Å². The van der Waals surface area contributed by atoms with E-state index in [4.69, 9.17) is 10.9 Å². The highest BCUT2D eigenvalue weighted by Gasteiger charge is 2.06. The Bertz CT molecular complexity index is 491. The van der Waals surface area contributed by atoms with E-state index in [0.29, 0.717) is 18.1 Å². The summed E-state index contributed by atoms with van der Waals surface area (Å²) in [6, 6.07) is 5.33. The van der Waals surface area contributed by atoms with Gasteiger partial charge in [0, 0.05) is 18.6 Å². The van der Waals surface area contributed by atoms with Gasteiger partial charge >= 0.3 is 0 Å². The van der Waals surface area contributed by atoms with Crippen molar-refractivity contribution in [1.29, 1.82) is 0 Å². The van der Waals surface area contributed by atoms with Crippen LogP contribution in [0, 0.1) is 0 Å². The molecule has 0 saturated heterocycles. The highest BCUT2D eigenvalue weighted by molar-refractivity contribution is 5.95. The normalized spacial score (nSPS) is 11.6. The van der Waals surface area contributed by atoms with Crippen LogP contribution in [-0.2, 0) is 6.54 Å². The van der Waals surface area contributed by atoms with Gasteiger partial charge in [-0.15, -0.1) is 0 Å². The number of hydrogen-bond acceptors (Lipinski definition) is 4. The monoisotopic (exact) mass is 217 g/mol. The van der Waals surface area contributed by atoms with E-state index in [0.717, 1.165) is 0 Å². The van der Waals surface area contributed by atoms with E-state index in [2.05, 4.69) is 15.1 Å². The van der Waals surface area contributed by atoms with Crippen molar-refractivity contribution in [2.24, 2.45) is 10.9 Å². The van der Waals surface area contributed by atoms with Crippen LogP contribution in [0.3, 0.4) is 0 Å². The Morgan fingerprint density at radius 2 is 2.12 bits per heavy atom. The lowest BCUT2D eigenvalue weighted by Crippen LogP contribution is -2.19. The molecule has 6 nitrogen and oxygen atoms in total. The van der Waals surface area contributed by atoms with Crippen molar-refractivity contribution in [1.82, 2.24) is 14.5 Å². The van der Waals surface area contributed by atoms with Gasteiger partial charge in [0.25, 0.3) is 0 Å². The lowest BCUT2D eigenvalue weighted by atomic mass is 10.4. The van der Waals surface area contributed by atoms with Gasteiger partial charge in [0.1, 0.15) is 5.82 Å². The summed E-state index contributed by atoms with van der Waals surface area (Å²) < 4.78 is 1.81. The molecule has 0 unspecified atom stereocenters. The van der Waals surface area contributed by atoms with E-state index < -0.39 is 0 Å². The van der Waals surface area contributed by atoms with Crippen LogP contribution in [0.15, 0.2) is 41.9 Å². The predicted molar refractivity (Wildman–Crippen MR) is 58.1 cm³/mol. The highest BCUT2D eigenvalue weighted by Crippen LogP contribution is 2.04. The molecule has 0 aliphatic rings. The largest absolute Gasteiger partial charge is 0.409 e. The number of nitrogens with two attached hydrogens (primary N) is 1. The van der Waals surface area contributed by atoms with Crippen molar-refractivity contribution in [3.8, 4) is 0 Å². The quantitative estimate of drug-likeness (QED) is 0.337. The molecule has 6 heteroatoms. The molecular weight excluding hydrogens is 206 g/mol. The van der Waals surface area contributed by atoms with Crippen LogP contribution in [0.25, 0.3) is 0 Å². The standard InChI is InChI=1S/C10H11N5O/c11-10(14-16)8-3-1-6-15(8)7-9-12-4-2-5-13-9/h1-6,16H,7H2,(H2,11,14). The lowest BCUT2D eigenvalue weighted by molar-refractivity contribution is 0.318. The van der Waals surface area contributed by atoms with Gasteiger partial charge in [-0.3, -0.25) is 0 Å². The molecule has 2 aromatic heterocycles. The van der Waals surface area contributed by atoms with Crippen LogP contribution in [-0.4, -0.2) is 25.6 Å². The maximum absolute atomic E-state index is 8.62. The summed E-state index contributed by atoms with van der Waals surface area (Å²) in [7, 11) is 0. The first-order valence-electron chi connectivity index (χ1n) is 4.70. The maximum atomic E-state index is 8.62. The second kappa shape index (κ2) is 4.43. The molecule has 0 fully saturated rings.